The van der Waals surface area contributed by atoms with Gasteiger partial charge in [0, 0.05) is 15.5 Å². The van der Waals surface area contributed by atoms with Crippen LogP contribution in [-0.2, 0) is 6.42 Å². The van der Waals surface area contributed by atoms with E-state index in [1.54, 1.807) is 12.1 Å². The Morgan fingerprint density at radius 2 is 2.05 bits per heavy atom. The fourth-order valence-corrected chi connectivity index (χ4v) is 2.87. The number of hydrogen-bond donors (Lipinski definition) is 1. The second kappa shape index (κ2) is 6.70. The monoisotopic (exact) mass is 355 g/mol. The molecule has 0 spiro atoms. The van der Waals surface area contributed by atoms with Crippen molar-refractivity contribution in [2.75, 3.05) is 7.05 Å². The molecule has 0 bridgehead atoms. The van der Waals surface area contributed by atoms with Crippen LogP contribution in [0.25, 0.3) is 0 Å². The first-order chi connectivity index (χ1) is 9.52. The van der Waals surface area contributed by atoms with Crippen molar-refractivity contribution < 1.29 is 4.39 Å². The molecule has 2 aromatic carbocycles. The number of hydrogen-bond acceptors (Lipinski definition) is 1. The molecule has 0 aliphatic heterocycles. The summed E-state index contributed by atoms with van der Waals surface area (Å²) in [5, 5.41) is 3.81. The summed E-state index contributed by atoms with van der Waals surface area (Å²) >= 11 is 9.48. The molecule has 1 nitrogen and oxygen atoms in total. The topological polar surface area (TPSA) is 12.0 Å². The maximum absolute atomic E-state index is 13.9. The van der Waals surface area contributed by atoms with E-state index in [9.17, 15) is 4.39 Å². The molecule has 2 rings (SSSR count). The van der Waals surface area contributed by atoms with Crippen LogP contribution in [0.3, 0.4) is 0 Å². The molecule has 0 aromatic heterocycles. The average Bonchev–Trinajstić information content (AvgIpc) is 2.43. The van der Waals surface area contributed by atoms with Crippen molar-refractivity contribution in [3.63, 3.8) is 0 Å². The van der Waals surface area contributed by atoms with Crippen LogP contribution in [0.2, 0.25) is 5.02 Å². The van der Waals surface area contributed by atoms with Gasteiger partial charge in [-0.2, -0.15) is 0 Å². The third-order valence-electron chi connectivity index (χ3n) is 3.47. The Morgan fingerprint density at radius 1 is 1.30 bits per heavy atom. The molecule has 1 unspecified atom stereocenters. The van der Waals surface area contributed by atoms with Gasteiger partial charge < -0.3 is 5.32 Å². The molecule has 1 N–H and O–H groups in total. The summed E-state index contributed by atoms with van der Waals surface area (Å²) in [6.45, 7) is 2.05. The van der Waals surface area contributed by atoms with Gasteiger partial charge in [0.25, 0.3) is 0 Å². The molecule has 0 heterocycles. The zero-order chi connectivity index (χ0) is 14.7. The lowest BCUT2D eigenvalue weighted by Crippen LogP contribution is -2.20. The largest absolute Gasteiger partial charge is 0.313 e. The number of nitrogens with one attached hydrogen (secondary N) is 1. The van der Waals surface area contributed by atoms with Crippen LogP contribution in [0.15, 0.2) is 40.9 Å². The Labute approximate surface area is 132 Å². The summed E-state index contributed by atoms with van der Waals surface area (Å²) in [4.78, 5) is 0. The van der Waals surface area contributed by atoms with Crippen molar-refractivity contribution in [1.29, 1.82) is 0 Å². The van der Waals surface area contributed by atoms with E-state index in [1.807, 2.05) is 19.2 Å². The third-order valence-corrected chi connectivity index (χ3v) is 4.56. The van der Waals surface area contributed by atoms with E-state index in [2.05, 4.69) is 34.2 Å². The van der Waals surface area contributed by atoms with Crippen molar-refractivity contribution in [3.05, 3.63) is 68.4 Å². The smallest absolute Gasteiger partial charge is 0.126 e. The minimum atomic E-state index is -0.220. The molecule has 20 heavy (non-hydrogen) atoms. The lowest BCUT2D eigenvalue weighted by atomic mass is 9.95. The summed E-state index contributed by atoms with van der Waals surface area (Å²) < 4.78 is 14.9. The lowest BCUT2D eigenvalue weighted by molar-refractivity contribution is 0.552. The van der Waals surface area contributed by atoms with Gasteiger partial charge >= 0.3 is 0 Å². The highest BCUT2D eigenvalue weighted by Crippen LogP contribution is 2.28. The van der Waals surface area contributed by atoms with Crippen molar-refractivity contribution in [1.82, 2.24) is 5.32 Å². The van der Waals surface area contributed by atoms with Crippen LogP contribution in [0, 0.1) is 12.7 Å². The highest BCUT2D eigenvalue weighted by molar-refractivity contribution is 9.10. The van der Waals surface area contributed by atoms with E-state index in [0.29, 0.717) is 17.0 Å². The Hall–Kier alpha value is -0.900. The first kappa shape index (κ1) is 15.5. The van der Waals surface area contributed by atoms with E-state index in [4.69, 9.17) is 11.6 Å². The summed E-state index contributed by atoms with van der Waals surface area (Å²) in [7, 11) is 1.88. The van der Waals surface area contributed by atoms with E-state index in [0.717, 1.165) is 15.6 Å². The van der Waals surface area contributed by atoms with Crippen molar-refractivity contribution in [2.45, 2.75) is 19.4 Å². The van der Waals surface area contributed by atoms with Crippen LogP contribution in [0.5, 0.6) is 0 Å². The molecular formula is C16H16BrClFN. The minimum absolute atomic E-state index is 0.0421. The second-order valence-corrected chi connectivity index (χ2v) is 6.03. The second-order valence-electron chi connectivity index (χ2n) is 4.74. The van der Waals surface area contributed by atoms with E-state index < -0.39 is 0 Å². The standard InChI is InChI=1S/C16H16BrClFN/c1-10-13(4-3-5-14(10)17)16(20-2)9-11-8-12(18)6-7-15(11)19/h3-8,16,20H,9H2,1-2H3. The van der Waals surface area contributed by atoms with Crippen LogP contribution < -0.4 is 5.32 Å². The molecule has 2 aromatic rings. The molecule has 0 radical (unpaired) electrons. The first-order valence-corrected chi connectivity index (χ1v) is 7.56. The van der Waals surface area contributed by atoms with E-state index in [-0.39, 0.29) is 11.9 Å². The summed E-state index contributed by atoms with van der Waals surface area (Å²) in [6, 6.07) is 10.8. The Morgan fingerprint density at radius 3 is 2.75 bits per heavy atom. The number of rotatable bonds is 4. The SMILES string of the molecule is CNC(Cc1cc(Cl)ccc1F)c1cccc(Br)c1C. The van der Waals surface area contributed by atoms with Gasteiger partial charge in [-0.1, -0.05) is 39.7 Å². The first-order valence-electron chi connectivity index (χ1n) is 6.39. The highest BCUT2D eigenvalue weighted by Gasteiger charge is 2.16. The van der Waals surface area contributed by atoms with Gasteiger partial charge in [0.05, 0.1) is 0 Å². The fourth-order valence-electron chi connectivity index (χ4n) is 2.29. The summed E-state index contributed by atoms with van der Waals surface area (Å²) in [5.41, 5.74) is 2.94. The maximum Gasteiger partial charge on any atom is 0.126 e. The Kier molecular flexibility index (Phi) is 5.19. The average molecular weight is 357 g/mol. The van der Waals surface area contributed by atoms with Crippen LogP contribution in [-0.4, -0.2) is 7.05 Å². The van der Waals surface area contributed by atoms with Crippen LogP contribution in [0.1, 0.15) is 22.7 Å². The normalized spacial score (nSPS) is 12.4. The van der Waals surface area contributed by atoms with Gasteiger partial charge in [-0.3, -0.25) is 0 Å². The molecule has 0 aliphatic rings. The maximum atomic E-state index is 13.9. The zero-order valence-corrected chi connectivity index (χ0v) is 13.7. The number of halogens is 3. The molecule has 0 fully saturated rings. The highest BCUT2D eigenvalue weighted by atomic mass is 79.9. The Bertz CT molecular complexity index is 615. The summed E-state index contributed by atoms with van der Waals surface area (Å²) in [6.07, 6.45) is 0.556. The molecule has 0 amide bonds. The van der Waals surface area contributed by atoms with Gasteiger partial charge in [0.1, 0.15) is 5.82 Å². The molecule has 0 aliphatic carbocycles. The third kappa shape index (κ3) is 3.40. The van der Waals surface area contributed by atoms with Gasteiger partial charge in [-0.15, -0.1) is 0 Å². The van der Waals surface area contributed by atoms with E-state index >= 15 is 0 Å². The Balaban J connectivity index is 2.34. The van der Waals surface area contributed by atoms with Crippen LogP contribution in [0.4, 0.5) is 4.39 Å². The number of benzene rings is 2. The quantitative estimate of drug-likeness (QED) is 0.808. The molecule has 106 valence electrons. The van der Waals surface area contributed by atoms with Gasteiger partial charge in [0.15, 0.2) is 0 Å². The van der Waals surface area contributed by atoms with Crippen LogP contribution >= 0.6 is 27.5 Å². The van der Waals surface area contributed by atoms with Crippen molar-refractivity contribution in [2.24, 2.45) is 0 Å². The molecule has 4 heteroatoms. The zero-order valence-electron chi connectivity index (χ0n) is 11.4. The lowest BCUT2D eigenvalue weighted by Gasteiger charge is -2.20. The van der Waals surface area contributed by atoms with Gasteiger partial charge in [-0.05, 0) is 61.3 Å². The fraction of sp³-hybridized carbons (Fsp3) is 0.250. The van der Waals surface area contributed by atoms with Gasteiger partial charge in [-0.25, -0.2) is 4.39 Å². The van der Waals surface area contributed by atoms with Gasteiger partial charge in [0.2, 0.25) is 0 Å². The molecular weight excluding hydrogens is 341 g/mol. The van der Waals surface area contributed by atoms with E-state index in [1.165, 1.54) is 6.07 Å². The predicted octanol–water partition coefficient (Wildman–Crippen LogP) is 5.05. The molecule has 1 atom stereocenters. The van der Waals surface area contributed by atoms with Crippen molar-refractivity contribution in [3.8, 4) is 0 Å². The number of likely N-dealkylation sites (N-methyl/N-ethyl adjacent to an activating group) is 1. The predicted molar refractivity (Wildman–Crippen MR) is 85.8 cm³/mol. The minimum Gasteiger partial charge on any atom is -0.313 e. The molecule has 0 saturated carbocycles. The summed E-state index contributed by atoms with van der Waals surface area (Å²) in [5.74, 6) is -0.220. The molecule has 0 saturated heterocycles. The van der Waals surface area contributed by atoms with Crippen molar-refractivity contribution >= 4 is 27.5 Å².